The molecule has 0 fully saturated rings. The number of pyridine rings is 1. The van der Waals surface area contributed by atoms with E-state index in [1.165, 1.54) is 18.2 Å². The quantitative estimate of drug-likeness (QED) is 0.761. The minimum Gasteiger partial charge on any atom is -0.387 e. The number of nitrogens with two attached hydrogens (primary N) is 1. The van der Waals surface area contributed by atoms with Gasteiger partial charge in [0.25, 0.3) is 5.91 Å². The van der Waals surface area contributed by atoms with Crippen molar-refractivity contribution < 1.29 is 23.5 Å². The van der Waals surface area contributed by atoms with E-state index in [2.05, 4.69) is 10.3 Å². The van der Waals surface area contributed by atoms with E-state index in [0.29, 0.717) is 0 Å². The van der Waals surface area contributed by atoms with Crippen LogP contribution in [0.3, 0.4) is 0 Å². The topological polar surface area (TPSA) is 105 Å². The predicted molar refractivity (Wildman–Crippen MR) is 76.4 cm³/mol. The molecule has 6 nitrogen and oxygen atoms in total. The number of hydrogen-bond donors (Lipinski definition) is 3. The highest BCUT2D eigenvalue weighted by Gasteiger charge is 2.14. The largest absolute Gasteiger partial charge is 0.387 e. The van der Waals surface area contributed by atoms with Crippen molar-refractivity contribution in [3.8, 4) is 0 Å². The molecule has 2 amide bonds. The van der Waals surface area contributed by atoms with Crippen LogP contribution in [0, 0.1) is 11.6 Å². The molecule has 0 radical (unpaired) electrons. The first-order chi connectivity index (χ1) is 10.9. The smallest absolute Gasteiger partial charge is 0.269 e. The van der Waals surface area contributed by atoms with E-state index in [4.69, 9.17) is 5.73 Å². The van der Waals surface area contributed by atoms with E-state index in [9.17, 15) is 23.5 Å². The number of carbonyl (C=O) groups is 2. The number of carbonyl (C=O) groups excluding carboxylic acids is 2. The molecule has 23 heavy (non-hydrogen) atoms. The second kappa shape index (κ2) is 6.93. The Balaban J connectivity index is 1.97. The maximum Gasteiger partial charge on any atom is 0.269 e. The molecule has 8 heteroatoms. The number of aliphatic hydroxyl groups is 1. The summed E-state index contributed by atoms with van der Waals surface area (Å²) in [7, 11) is 0. The van der Waals surface area contributed by atoms with Crippen LogP contribution >= 0.6 is 0 Å². The zero-order chi connectivity index (χ0) is 17.0. The molecule has 0 unspecified atom stereocenters. The predicted octanol–water partition coefficient (Wildman–Crippen LogP) is 0.922. The molecule has 0 aliphatic carbocycles. The minimum absolute atomic E-state index is 0.0208. The molecule has 0 bridgehead atoms. The van der Waals surface area contributed by atoms with Gasteiger partial charge in [0.1, 0.15) is 5.69 Å². The first-order valence-electron chi connectivity index (χ1n) is 6.55. The molecule has 0 aliphatic heterocycles. The van der Waals surface area contributed by atoms with Gasteiger partial charge in [-0.1, -0.05) is 6.07 Å². The number of amides is 2. The molecule has 1 heterocycles. The number of aliphatic hydroxyl groups excluding tert-OH is 1. The van der Waals surface area contributed by atoms with Gasteiger partial charge in [0, 0.05) is 12.7 Å². The van der Waals surface area contributed by atoms with E-state index in [0.717, 1.165) is 18.3 Å². The monoisotopic (exact) mass is 321 g/mol. The van der Waals surface area contributed by atoms with Crippen molar-refractivity contribution in [2.75, 3.05) is 6.54 Å². The van der Waals surface area contributed by atoms with Crippen molar-refractivity contribution in [1.29, 1.82) is 0 Å². The fourth-order valence-electron chi connectivity index (χ4n) is 1.79. The van der Waals surface area contributed by atoms with Gasteiger partial charge >= 0.3 is 0 Å². The number of nitrogens with one attached hydrogen (secondary N) is 1. The lowest BCUT2D eigenvalue weighted by Crippen LogP contribution is -2.29. The summed E-state index contributed by atoms with van der Waals surface area (Å²) in [5, 5.41) is 12.3. The molecular formula is C15H13F2N3O3. The lowest BCUT2D eigenvalue weighted by Gasteiger charge is -2.12. The third-order valence-corrected chi connectivity index (χ3v) is 3.07. The average molecular weight is 321 g/mol. The van der Waals surface area contributed by atoms with Crippen LogP contribution in [0.4, 0.5) is 8.78 Å². The Kier molecular flexibility index (Phi) is 4.97. The highest BCUT2D eigenvalue weighted by atomic mass is 19.2. The summed E-state index contributed by atoms with van der Waals surface area (Å²) in [5.74, 6) is -3.37. The minimum atomic E-state index is -1.21. The van der Waals surface area contributed by atoms with Crippen LogP contribution in [0.5, 0.6) is 0 Å². The van der Waals surface area contributed by atoms with Crippen molar-refractivity contribution in [3.63, 3.8) is 0 Å². The maximum absolute atomic E-state index is 13.1. The Morgan fingerprint density at radius 1 is 1.22 bits per heavy atom. The second-order valence-corrected chi connectivity index (χ2v) is 4.70. The average Bonchev–Trinajstić information content (AvgIpc) is 2.54. The molecule has 0 saturated heterocycles. The molecule has 120 valence electrons. The number of benzene rings is 1. The molecule has 1 aromatic heterocycles. The van der Waals surface area contributed by atoms with Gasteiger partial charge in [-0.25, -0.2) is 8.78 Å². The molecule has 2 rings (SSSR count). The summed E-state index contributed by atoms with van der Waals surface area (Å²) in [6.45, 7) is -0.219. The van der Waals surface area contributed by atoms with Crippen LogP contribution in [-0.4, -0.2) is 28.4 Å². The third kappa shape index (κ3) is 4.07. The molecule has 0 spiro atoms. The molecule has 1 atom stereocenters. The van der Waals surface area contributed by atoms with E-state index in [1.807, 2.05) is 0 Å². The maximum atomic E-state index is 13.1. The fourth-order valence-corrected chi connectivity index (χ4v) is 1.79. The zero-order valence-electron chi connectivity index (χ0n) is 11.8. The van der Waals surface area contributed by atoms with Gasteiger partial charge in [0.05, 0.1) is 11.7 Å². The lowest BCUT2D eigenvalue weighted by atomic mass is 10.1. The van der Waals surface area contributed by atoms with Crippen LogP contribution in [0.25, 0.3) is 0 Å². The van der Waals surface area contributed by atoms with Crippen molar-refractivity contribution in [1.82, 2.24) is 10.3 Å². The number of aromatic nitrogens is 1. The third-order valence-electron chi connectivity index (χ3n) is 3.07. The van der Waals surface area contributed by atoms with Crippen molar-refractivity contribution in [2.45, 2.75) is 6.10 Å². The van der Waals surface area contributed by atoms with Gasteiger partial charge in [0.2, 0.25) is 5.91 Å². The molecule has 1 aromatic carbocycles. The van der Waals surface area contributed by atoms with Gasteiger partial charge in [-0.3, -0.25) is 14.6 Å². The Bertz CT molecular complexity index is 735. The van der Waals surface area contributed by atoms with Crippen LogP contribution in [0.2, 0.25) is 0 Å². The summed E-state index contributed by atoms with van der Waals surface area (Å²) in [6.07, 6.45) is -0.0535. The highest BCUT2D eigenvalue weighted by molar-refractivity contribution is 5.95. The number of nitrogens with zero attached hydrogens (tertiary/aromatic N) is 1. The lowest BCUT2D eigenvalue weighted by molar-refractivity contribution is 0.0909. The van der Waals surface area contributed by atoms with Crippen LogP contribution in [-0.2, 0) is 0 Å². The van der Waals surface area contributed by atoms with Crippen molar-refractivity contribution >= 4 is 11.8 Å². The first-order valence-corrected chi connectivity index (χ1v) is 6.55. The van der Waals surface area contributed by atoms with E-state index >= 15 is 0 Å². The van der Waals surface area contributed by atoms with Crippen molar-refractivity contribution in [3.05, 3.63) is 65.0 Å². The highest BCUT2D eigenvalue weighted by Crippen LogP contribution is 2.15. The summed E-state index contributed by atoms with van der Waals surface area (Å²) in [6, 6.07) is 5.61. The number of halogens is 2. The van der Waals surface area contributed by atoms with Crippen LogP contribution in [0.1, 0.15) is 32.5 Å². The first kappa shape index (κ1) is 16.5. The van der Waals surface area contributed by atoms with Gasteiger partial charge in [-0.15, -0.1) is 0 Å². The van der Waals surface area contributed by atoms with Gasteiger partial charge in [-0.05, 0) is 29.8 Å². The fraction of sp³-hybridized carbons (Fsp3) is 0.133. The molecule has 0 aliphatic rings. The Hall–Kier alpha value is -2.87. The zero-order valence-corrected chi connectivity index (χ0v) is 11.8. The van der Waals surface area contributed by atoms with Crippen molar-refractivity contribution in [2.24, 2.45) is 5.73 Å². The van der Waals surface area contributed by atoms with Crippen LogP contribution < -0.4 is 11.1 Å². The molecule has 0 saturated carbocycles. The second-order valence-electron chi connectivity index (χ2n) is 4.70. The summed E-state index contributed by atoms with van der Waals surface area (Å²) in [5.41, 5.74) is 5.36. The van der Waals surface area contributed by atoms with Gasteiger partial charge in [0.15, 0.2) is 11.6 Å². The SMILES string of the molecule is NC(=O)c1ccc(C(=O)NC[C@@H](O)c2ccc(F)c(F)c2)nc1. The Labute approximate surface area is 130 Å². The number of hydrogen-bond acceptors (Lipinski definition) is 4. The number of primary amides is 1. The van der Waals surface area contributed by atoms with E-state index < -0.39 is 29.6 Å². The van der Waals surface area contributed by atoms with E-state index in [-0.39, 0.29) is 23.4 Å². The Morgan fingerprint density at radius 2 is 1.96 bits per heavy atom. The standard InChI is InChI=1S/C15H13F2N3O3/c16-10-3-1-8(5-11(10)17)13(21)7-20-15(23)12-4-2-9(6-19-12)14(18)22/h1-6,13,21H,7H2,(H2,18,22)(H,20,23)/t13-/m1/s1. The molecular weight excluding hydrogens is 308 g/mol. The normalized spacial score (nSPS) is 11.8. The summed E-state index contributed by atoms with van der Waals surface area (Å²) >= 11 is 0. The number of rotatable bonds is 5. The summed E-state index contributed by atoms with van der Waals surface area (Å²) < 4.78 is 25.9. The summed E-state index contributed by atoms with van der Waals surface area (Å²) in [4.78, 5) is 26.5. The molecule has 4 N–H and O–H groups in total. The Morgan fingerprint density at radius 3 is 2.52 bits per heavy atom. The molecule has 2 aromatic rings. The van der Waals surface area contributed by atoms with E-state index in [1.54, 1.807) is 0 Å². The van der Waals surface area contributed by atoms with Gasteiger partial charge in [-0.2, -0.15) is 0 Å². The van der Waals surface area contributed by atoms with Gasteiger partial charge < -0.3 is 16.2 Å². The van der Waals surface area contributed by atoms with Crippen LogP contribution in [0.15, 0.2) is 36.5 Å².